The van der Waals surface area contributed by atoms with Crippen molar-refractivity contribution in [3.63, 3.8) is 0 Å². The van der Waals surface area contributed by atoms with Crippen LogP contribution in [-0.4, -0.2) is 25.6 Å². The molecule has 1 rings (SSSR count). The van der Waals surface area contributed by atoms with Crippen molar-refractivity contribution in [3.05, 3.63) is 29.8 Å². The molecular weight excluding hydrogens is 212 g/mol. The number of ether oxygens (including phenoxy) is 1. The number of alkyl halides is 2. The first-order valence-corrected chi connectivity index (χ1v) is 5.30. The summed E-state index contributed by atoms with van der Waals surface area (Å²) in [5.74, 6) is 0.770. The summed E-state index contributed by atoms with van der Waals surface area (Å²) in [6, 6.07) is 6.85. The van der Waals surface area contributed by atoms with Crippen LogP contribution >= 0.6 is 0 Å². The van der Waals surface area contributed by atoms with E-state index in [-0.39, 0.29) is 0 Å². The van der Waals surface area contributed by atoms with Crippen molar-refractivity contribution in [2.45, 2.75) is 26.3 Å². The number of hydrogen-bond donors (Lipinski definition) is 1. The Labute approximate surface area is 94.6 Å². The summed E-state index contributed by atoms with van der Waals surface area (Å²) in [6.45, 7) is 4.24. The molecular formula is C12H17F2NO. The Bertz CT molecular complexity index is 318. The van der Waals surface area contributed by atoms with E-state index >= 15 is 0 Å². The van der Waals surface area contributed by atoms with Crippen LogP contribution in [0.15, 0.2) is 24.3 Å². The van der Waals surface area contributed by atoms with Gasteiger partial charge in [0.15, 0.2) is 0 Å². The second-order valence-corrected chi connectivity index (χ2v) is 3.74. The lowest BCUT2D eigenvalue weighted by atomic mass is 10.2. The molecule has 1 aromatic rings. The lowest BCUT2D eigenvalue weighted by Gasteiger charge is -2.13. The summed E-state index contributed by atoms with van der Waals surface area (Å²) in [7, 11) is 0. The molecule has 16 heavy (non-hydrogen) atoms. The Hall–Kier alpha value is -1.16. The molecule has 1 aromatic carbocycles. The van der Waals surface area contributed by atoms with Gasteiger partial charge in [-0.1, -0.05) is 12.1 Å². The molecule has 0 radical (unpaired) electrons. The molecule has 0 amide bonds. The van der Waals surface area contributed by atoms with Gasteiger partial charge in [-0.25, -0.2) is 8.78 Å². The molecule has 1 unspecified atom stereocenters. The Balaban J connectivity index is 2.21. The Morgan fingerprint density at radius 1 is 1.38 bits per heavy atom. The monoisotopic (exact) mass is 229 g/mol. The highest BCUT2D eigenvalue weighted by Crippen LogP contribution is 2.11. The van der Waals surface area contributed by atoms with Crippen LogP contribution in [0.3, 0.4) is 0 Å². The van der Waals surface area contributed by atoms with Crippen molar-refractivity contribution in [2.75, 3.05) is 13.2 Å². The summed E-state index contributed by atoms with van der Waals surface area (Å²) >= 11 is 0. The first-order chi connectivity index (χ1) is 7.59. The van der Waals surface area contributed by atoms with Crippen LogP contribution in [-0.2, 0) is 0 Å². The predicted octanol–water partition coefficient (Wildman–Crippen LogP) is 2.62. The molecule has 4 heteroatoms. The lowest BCUT2D eigenvalue weighted by molar-refractivity contribution is 0.104. The fraction of sp³-hybridized carbons (Fsp3) is 0.500. The molecule has 0 heterocycles. The average molecular weight is 229 g/mol. The van der Waals surface area contributed by atoms with Crippen molar-refractivity contribution in [3.8, 4) is 5.75 Å². The number of halogens is 2. The van der Waals surface area contributed by atoms with Gasteiger partial charge in [-0.2, -0.15) is 0 Å². The third-order valence-corrected chi connectivity index (χ3v) is 2.20. The second kappa shape index (κ2) is 6.43. The van der Waals surface area contributed by atoms with Crippen LogP contribution < -0.4 is 10.1 Å². The van der Waals surface area contributed by atoms with Gasteiger partial charge in [0.05, 0.1) is 6.04 Å². The zero-order chi connectivity index (χ0) is 12.0. The minimum atomic E-state index is -2.33. The molecule has 0 spiro atoms. The highest BCUT2D eigenvalue weighted by atomic mass is 19.3. The highest BCUT2D eigenvalue weighted by molar-refractivity contribution is 5.27. The van der Waals surface area contributed by atoms with Gasteiger partial charge in [0, 0.05) is 6.54 Å². The zero-order valence-corrected chi connectivity index (χ0v) is 9.54. The molecule has 0 aliphatic heterocycles. The summed E-state index contributed by atoms with van der Waals surface area (Å²) in [4.78, 5) is 0. The molecule has 0 aromatic heterocycles. The lowest BCUT2D eigenvalue weighted by Crippen LogP contribution is -2.35. The maximum absolute atomic E-state index is 12.1. The van der Waals surface area contributed by atoms with Crippen LogP contribution in [0.1, 0.15) is 12.5 Å². The predicted molar refractivity (Wildman–Crippen MR) is 60.1 cm³/mol. The standard InChI is InChI=1S/C12H17F2NO/c1-9-4-3-5-11(8-9)16-7-6-15-10(2)12(13)14/h3-5,8,10,12,15H,6-7H2,1-2H3. The maximum atomic E-state index is 12.1. The summed E-state index contributed by atoms with van der Waals surface area (Å²) in [5, 5.41) is 2.69. The van der Waals surface area contributed by atoms with E-state index in [4.69, 9.17) is 4.74 Å². The van der Waals surface area contributed by atoms with E-state index < -0.39 is 12.5 Å². The van der Waals surface area contributed by atoms with E-state index in [1.807, 2.05) is 31.2 Å². The van der Waals surface area contributed by atoms with Crippen LogP contribution in [0.5, 0.6) is 5.75 Å². The molecule has 90 valence electrons. The van der Waals surface area contributed by atoms with E-state index in [1.165, 1.54) is 6.92 Å². The van der Waals surface area contributed by atoms with Gasteiger partial charge in [0.25, 0.3) is 6.43 Å². The minimum absolute atomic E-state index is 0.389. The quantitative estimate of drug-likeness (QED) is 0.757. The van der Waals surface area contributed by atoms with E-state index in [0.717, 1.165) is 11.3 Å². The van der Waals surface area contributed by atoms with Gasteiger partial charge < -0.3 is 10.1 Å². The molecule has 1 N–H and O–H groups in total. The first-order valence-electron chi connectivity index (χ1n) is 5.30. The van der Waals surface area contributed by atoms with Crippen molar-refractivity contribution in [1.29, 1.82) is 0 Å². The Morgan fingerprint density at radius 3 is 2.75 bits per heavy atom. The molecule has 0 aliphatic rings. The van der Waals surface area contributed by atoms with E-state index in [0.29, 0.717) is 13.2 Å². The minimum Gasteiger partial charge on any atom is -0.492 e. The average Bonchev–Trinajstić information content (AvgIpc) is 2.24. The van der Waals surface area contributed by atoms with Crippen molar-refractivity contribution in [1.82, 2.24) is 5.32 Å². The van der Waals surface area contributed by atoms with Crippen molar-refractivity contribution < 1.29 is 13.5 Å². The summed E-state index contributed by atoms with van der Waals surface area (Å²) in [5.41, 5.74) is 1.12. The van der Waals surface area contributed by atoms with Crippen LogP contribution in [0.25, 0.3) is 0 Å². The summed E-state index contributed by atoms with van der Waals surface area (Å²) < 4.78 is 29.7. The Kier molecular flexibility index (Phi) is 5.19. The zero-order valence-electron chi connectivity index (χ0n) is 9.54. The van der Waals surface area contributed by atoms with Crippen molar-refractivity contribution >= 4 is 0 Å². The van der Waals surface area contributed by atoms with Gasteiger partial charge in [0.2, 0.25) is 0 Å². The maximum Gasteiger partial charge on any atom is 0.253 e. The summed E-state index contributed by atoms with van der Waals surface area (Å²) in [6.07, 6.45) is -2.33. The molecule has 0 aliphatic carbocycles. The van der Waals surface area contributed by atoms with Gasteiger partial charge in [0.1, 0.15) is 12.4 Å². The fourth-order valence-electron chi connectivity index (χ4n) is 1.25. The normalized spacial score (nSPS) is 12.8. The van der Waals surface area contributed by atoms with Gasteiger partial charge in [-0.15, -0.1) is 0 Å². The van der Waals surface area contributed by atoms with E-state index in [1.54, 1.807) is 0 Å². The van der Waals surface area contributed by atoms with Crippen LogP contribution in [0.2, 0.25) is 0 Å². The number of rotatable bonds is 6. The number of hydrogen-bond acceptors (Lipinski definition) is 2. The van der Waals surface area contributed by atoms with E-state index in [9.17, 15) is 8.78 Å². The van der Waals surface area contributed by atoms with Gasteiger partial charge in [-0.3, -0.25) is 0 Å². The number of nitrogens with one attached hydrogen (secondary N) is 1. The van der Waals surface area contributed by atoms with Crippen LogP contribution in [0.4, 0.5) is 8.78 Å². The SMILES string of the molecule is Cc1cccc(OCCNC(C)C(F)F)c1. The smallest absolute Gasteiger partial charge is 0.253 e. The van der Waals surface area contributed by atoms with Crippen molar-refractivity contribution in [2.24, 2.45) is 0 Å². The molecule has 0 fully saturated rings. The number of aryl methyl sites for hydroxylation is 1. The molecule has 0 saturated heterocycles. The Morgan fingerprint density at radius 2 is 2.12 bits per heavy atom. The third-order valence-electron chi connectivity index (χ3n) is 2.20. The molecule has 2 nitrogen and oxygen atoms in total. The van der Waals surface area contributed by atoms with E-state index in [2.05, 4.69) is 5.32 Å². The third kappa shape index (κ3) is 4.57. The molecule has 0 saturated carbocycles. The van der Waals surface area contributed by atoms with Crippen LogP contribution in [0, 0.1) is 6.92 Å². The fourth-order valence-corrected chi connectivity index (χ4v) is 1.25. The number of benzene rings is 1. The first kappa shape index (κ1) is 12.9. The molecule has 0 bridgehead atoms. The molecule has 1 atom stereocenters. The van der Waals surface area contributed by atoms with Gasteiger partial charge in [-0.05, 0) is 31.5 Å². The second-order valence-electron chi connectivity index (χ2n) is 3.74. The topological polar surface area (TPSA) is 21.3 Å². The largest absolute Gasteiger partial charge is 0.492 e. The highest BCUT2D eigenvalue weighted by Gasteiger charge is 2.12. The van der Waals surface area contributed by atoms with Gasteiger partial charge >= 0.3 is 0 Å².